The predicted octanol–water partition coefficient (Wildman–Crippen LogP) is 1.49. The number of hydrogen-bond donors (Lipinski definition) is 3. The monoisotopic (exact) mass is 268 g/mol. The summed E-state index contributed by atoms with van der Waals surface area (Å²) in [4.78, 5) is 11.8. The number of nitrogen functional groups attached to an aromatic ring is 1. The number of carbonyl (C=O) groups is 1. The number of unbranched alkanes of at least 4 members (excludes halogenated alkanes) is 1. The number of nitrogens with one attached hydrogen (secondary N) is 2. The van der Waals surface area contributed by atoms with Gasteiger partial charge in [-0.3, -0.25) is 9.89 Å². The molecule has 1 aromatic heterocycles. The zero-order chi connectivity index (χ0) is 14.1. The minimum atomic E-state index is -0.254. The van der Waals surface area contributed by atoms with E-state index in [2.05, 4.69) is 22.4 Å². The van der Waals surface area contributed by atoms with Gasteiger partial charge in [0, 0.05) is 13.2 Å². The summed E-state index contributed by atoms with van der Waals surface area (Å²) in [7, 11) is 0. The van der Waals surface area contributed by atoms with Crippen LogP contribution in [-0.4, -0.2) is 35.9 Å². The fraction of sp³-hybridized carbons (Fsp3) is 0.692. The molecular formula is C13H24N4O2. The minimum Gasteiger partial charge on any atom is -0.395 e. The first-order chi connectivity index (χ1) is 9.20. The number of rotatable bonds is 9. The van der Waals surface area contributed by atoms with Crippen molar-refractivity contribution in [3.63, 3.8) is 0 Å². The third kappa shape index (κ3) is 4.90. The Morgan fingerprint density at radius 1 is 1.37 bits per heavy atom. The van der Waals surface area contributed by atoms with E-state index in [1.165, 1.54) is 0 Å². The maximum Gasteiger partial charge on any atom is 0.274 e. The molecule has 0 spiro atoms. The van der Waals surface area contributed by atoms with Gasteiger partial charge in [-0.05, 0) is 12.8 Å². The molecule has 0 bridgehead atoms. The van der Waals surface area contributed by atoms with Crippen LogP contribution in [0.25, 0.3) is 0 Å². The molecule has 0 aromatic carbocycles. The normalized spacial score (nSPS) is 10.6. The number of H-pyrrole nitrogens is 1. The number of nitrogens with zero attached hydrogens (tertiary/aromatic N) is 1. The molecule has 0 aliphatic heterocycles. The molecule has 0 atom stereocenters. The molecule has 19 heavy (non-hydrogen) atoms. The summed E-state index contributed by atoms with van der Waals surface area (Å²) >= 11 is 0. The molecular weight excluding hydrogens is 244 g/mol. The Hall–Kier alpha value is -1.56. The third-order valence-corrected chi connectivity index (χ3v) is 2.77. The average Bonchev–Trinajstić information content (AvgIpc) is 2.76. The highest BCUT2D eigenvalue weighted by molar-refractivity contribution is 5.97. The Morgan fingerprint density at radius 3 is 2.84 bits per heavy atom. The Bertz CT molecular complexity index is 390. The van der Waals surface area contributed by atoms with E-state index < -0.39 is 0 Å². The van der Waals surface area contributed by atoms with Gasteiger partial charge < -0.3 is 15.8 Å². The highest BCUT2D eigenvalue weighted by atomic mass is 16.5. The molecule has 0 saturated heterocycles. The van der Waals surface area contributed by atoms with Crippen LogP contribution in [0.2, 0.25) is 0 Å². The number of amides is 1. The van der Waals surface area contributed by atoms with Crippen LogP contribution >= 0.6 is 0 Å². The number of aromatic nitrogens is 2. The smallest absolute Gasteiger partial charge is 0.274 e. The highest BCUT2D eigenvalue weighted by Gasteiger charge is 2.16. The molecule has 1 heterocycles. The topological polar surface area (TPSA) is 93.0 Å². The van der Waals surface area contributed by atoms with E-state index in [9.17, 15) is 4.79 Å². The molecule has 1 rings (SSSR count). The van der Waals surface area contributed by atoms with Crippen molar-refractivity contribution in [2.45, 2.75) is 39.5 Å². The maximum absolute atomic E-state index is 11.8. The number of anilines is 1. The van der Waals surface area contributed by atoms with Crippen LogP contribution in [0.1, 0.15) is 49.3 Å². The van der Waals surface area contributed by atoms with Gasteiger partial charge >= 0.3 is 0 Å². The Morgan fingerprint density at radius 2 is 2.16 bits per heavy atom. The first kappa shape index (κ1) is 15.5. The van der Waals surface area contributed by atoms with Crippen molar-refractivity contribution < 1.29 is 9.53 Å². The molecule has 6 nitrogen and oxygen atoms in total. The van der Waals surface area contributed by atoms with E-state index in [4.69, 9.17) is 10.5 Å². The van der Waals surface area contributed by atoms with Crippen LogP contribution in [0.5, 0.6) is 0 Å². The van der Waals surface area contributed by atoms with Crippen molar-refractivity contribution in [3.05, 3.63) is 11.4 Å². The average molecular weight is 268 g/mol. The second-order valence-corrected chi connectivity index (χ2v) is 4.44. The summed E-state index contributed by atoms with van der Waals surface area (Å²) in [6, 6.07) is 0. The van der Waals surface area contributed by atoms with E-state index in [0.717, 1.165) is 38.0 Å². The van der Waals surface area contributed by atoms with Gasteiger partial charge in [0.1, 0.15) is 0 Å². The van der Waals surface area contributed by atoms with Gasteiger partial charge in [0.15, 0.2) is 5.69 Å². The minimum absolute atomic E-state index is 0.254. The van der Waals surface area contributed by atoms with E-state index in [1.54, 1.807) is 0 Å². The maximum atomic E-state index is 11.8. The summed E-state index contributed by atoms with van der Waals surface area (Å²) in [5.74, 6) is -0.254. The number of ether oxygens (including phenoxy) is 1. The number of aryl methyl sites for hydroxylation is 1. The zero-order valence-corrected chi connectivity index (χ0v) is 11.8. The number of nitrogens with two attached hydrogens (primary N) is 1. The summed E-state index contributed by atoms with van der Waals surface area (Å²) in [5.41, 5.74) is 7.43. The van der Waals surface area contributed by atoms with E-state index in [-0.39, 0.29) is 11.6 Å². The van der Waals surface area contributed by atoms with Crippen LogP contribution in [-0.2, 0) is 11.2 Å². The number of aromatic amines is 1. The van der Waals surface area contributed by atoms with E-state index in [1.807, 2.05) is 6.92 Å². The zero-order valence-electron chi connectivity index (χ0n) is 11.8. The summed E-state index contributed by atoms with van der Waals surface area (Å²) in [6.45, 7) is 5.88. The molecule has 1 aromatic rings. The Labute approximate surface area is 114 Å². The van der Waals surface area contributed by atoms with Crippen molar-refractivity contribution in [2.24, 2.45) is 0 Å². The second kappa shape index (κ2) is 8.53. The second-order valence-electron chi connectivity index (χ2n) is 4.44. The van der Waals surface area contributed by atoms with Gasteiger partial charge in [0.2, 0.25) is 0 Å². The molecule has 0 aliphatic carbocycles. The van der Waals surface area contributed by atoms with Crippen LogP contribution in [0.3, 0.4) is 0 Å². The molecule has 0 fully saturated rings. The lowest BCUT2D eigenvalue weighted by Crippen LogP contribution is -2.28. The molecule has 4 N–H and O–H groups in total. The third-order valence-electron chi connectivity index (χ3n) is 2.77. The molecule has 0 aliphatic rings. The predicted molar refractivity (Wildman–Crippen MR) is 75.1 cm³/mol. The van der Waals surface area contributed by atoms with Crippen LogP contribution in [0.4, 0.5) is 5.69 Å². The Kier molecular flexibility index (Phi) is 6.95. The van der Waals surface area contributed by atoms with Crippen molar-refractivity contribution in [3.8, 4) is 0 Å². The van der Waals surface area contributed by atoms with Crippen LogP contribution < -0.4 is 11.1 Å². The van der Waals surface area contributed by atoms with Gasteiger partial charge in [0.25, 0.3) is 5.91 Å². The lowest BCUT2D eigenvalue weighted by Gasteiger charge is -2.05. The van der Waals surface area contributed by atoms with Crippen molar-refractivity contribution in [2.75, 3.05) is 25.5 Å². The van der Waals surface area contributed by atoms with Gasteiger partial charge in [-0.2, -0.15) is 5.10 Å². The van der Waals surface area contributed by atoms with Gasteiger partial charge in [-0.15, -0.1) is 0 Å². The van der Waals surface area contributed by atoms with Crippen LogP contribution in [0, 0.1) is 0 Å². The summed E-state index contributed by atoms with van der Waals surface area (Å²) in [6.07, 6.45) is 3.90. The number of carbonyl (C=O) groups excluding carboxylic acids is 1. The molecule has 1 amide bonds. The standard InChI is InChI=1S/C13H24N4O2/c1-3-5-8-19-9-7-15-13(18)12-11(14)10(6-4-2)16-17-12/h3-9,14H2,1-2H3,(H,15,18)(H,16,17). The highest BCUT2D eigenvalue weighted by Crippen LogP contribution is 2.15. The first-order valence-corrected chi connectivity index (χ1v) is 6.89. The molecule has 6 heteroatoms. The Balaban J connectivity index is 2.33. The quantitative estimate of drug-likeness (QED) is 0.591. The summed E-state index contributed by atoms with van der Waals surface area (Å²) in [5, 5.41) is 9.51. The summed E-state index contributed by atoms with van der Waals surface area (Å²) < 4.78 is 5.36. The first-order valence-electron chi connectivity index (χ1n) is 6.89. The largest absolute Gasteiger partial charge is 0.395 e. The van der Waals surface area contributed by atoms with Crippen molar-refractivity contribution >= 4 is 11.6 Å². The fourth-order valence-corrected chi connectivity index (χ4v) is 1.67. The van der Waals surface area contributed by atoms with Gasteiger partial charge in [-0.1, -0.05) is 26.7 Å². The van der Waals surface area contributed by atoms with Gasteiger partial charge in [-0.25, -0.2) is 0 Å². The van der Waals surface area contributed by atoms with Gasteiger partial charge in [0.05, 0.1) is 18.0 Å². The van der Waals surface area contributed by atoms with Crippen molar-refractivity contribution in [1.82, 2.24) is 15.5 Å². The van der Waals surface area contributed by atoms with Crippen molar-refractivity contribution in [1.29, 1.82) is 0 Å². The number of hydrogen-bond acceptors (Lipinski definition) is 4. The lowest BCUT2D eigenvalue weighted by atomic mass is 10.2. The SMILES string of the molecule is CCCCOCCNC(=O)c1n[nH]c(CCC)c1N. The molecule has 0 unspecified atom stereocenters. The molecule has 0 saturated carbocycles. The van der Waals surface area contributed by atoms with E-state index in [0.29, 0.717) is 18.8 Å². The molecule has 108 valence electrons. The fourth-order valence-electron chi connectivity index (χ4n) is 1.67. The lowest BCUT2D eigenvalue weighted by molar-refractivity contribution is 0.0909. The molecule has 0 radical (unpaired) electrons. The van der Waals surface area contributed by atoms with E-state index >= 15 is 0 Å². The van der Waals surface area contributed by atoms with Crippen LogP contribution in [0.15, 0.2) is 0 Å².